The molecule has 22 heavy (non-hydrogen) atoms. The molecule has 0 spiro atoms. The maximum absolute atomic E-state index is 12.4. The van der Waals surface area contributed by atoms with Crippen LogP contribution in [0.2, 0.25) is 0 Å². The van der Waals surface area contributed by atoms with Gasteiger partial charge in [0.2, 0.25) is 11.8 Å². The van der Waals surface area contributed by atoms with Crippen LogP contribution in [0.1, 0.15) is 59.8 Å². The normalized spacial score (nSPS) is 19.4. The molecule has 2 aliphatic rings. The van der Waals surface area contributed by atoms with E-state index in [9.17, 15) is 4.79 Å². The molecule has 114 valence electrons. The molecule has 6 nitrogen and oxygen atoms in total. The van der Waals surface area contributed by atoms with Crippen molar-refractivity contribution in [3.63, 3.8) is 0 Å². The summed E-state index contributed by atoms with van der Waals surface area (Å²) in [6.45, 7) is 1.42. The van der Waals surface area contributed by atoms with Crippen LogP contribution in [0.4, 0.5) is 0 Å². The molecular weight excluding hydrogens is 280 g/mol. The summed E-state index contributed by atoms with van der Waals surface area (Å²) in [4.78, 5) is 18.3. The number of hydrogen-bond donors (Lipinski definition) is 0. The average Bonchev–Trinajstić information content (AvgIpc) is 3.32. The van der Waals surface area contributed by atoms with Gasteiger partial charge in [0.05, 0.1) is 0 Å². The molecule has 4 rings (SSSR count). The van der Waals surface area contributed by atoms with Crippen LogP contribution in [0.3, 0.4) is 0 Å². The second-order valence-corrected chi connectivity index (χ2v) is 6.03. The van der Waals surface area contributed by atoms with E-state index in [0.29, 0.717) is 24.7 Å². The molecule has 0 aromatic carbocycles. The number of hydrogen-bond acceptors (Lipinski definition) is 5. The molecule has 1 aliphatic carbocycles. The third-order valence-corrected chi connectivity index (χ3v) is 4.40. The first kappa shape index (κ1) is 13.4. The Morgan fingerprint density at radius 2 is 1.73 bits per heavy atom. The maximum atomic E-state index is 12.4. The molecule has 2 aromatic rings. The van der Waals surface area contributed by atoms with Gasteiger partial charge >= 0.3 is 0 Å². The van der Waals surface area contributed by atoms with Crippen LogP contribution in [0.25, 0.3) is 0 Å². The van der Waals surface area contributed by atoms with Gasteiger partial charge in [-0.25, -0.2) is 0 Å². The van der Waals surface area contributed by atoms with E-state index in [4.69, 9.17) is 4.42 Å². The first-order valence-electron chi connectivity index (χ1n) is 7.85. The van der Waals surface area contributed by atoms with Crippen molar-refractivity contribution >= 4 is 5.91 Å². The van der Waals surface area contributed by atoms with Crippen molar-refractivity contribution in [3.05, 3.63) is 41.9 Å². The summed E-state index contributed by atoms with van der Waals surface area (Å²) in [7, 11) is 0. The minimum absolute atomic E-state index is 0.00301. The molecule has 1 saturated heterocycles. The lowest BCUT2D eigenvalue weighted by Crippen LogP contribution is -2.38. The first-order chi connectivity index (χ1) is 10.8. The SMILES string of the molecule is O=C(c1ccccn1)N1CCC(c2nnc(C3CC3)o2)CC1. The van der Waals surface area contributed by atoms with Gasteiger partial charge < -0.3 is 9.32 Å². The van der Waals surface area contributed by atoms with Gasteiger partial charge in [0.15, 0.2) is 0 Å². The Labute approximate surface area is 128 Å². The molecule has 0 radical (unpaired) electrons. The Hall–Kier alpha value is -2.24. The Kier molecular flexibility index (Phi) is 3.36. The zero-order valence-electron chi connectivity index (χ0n) is 12.3. The topological polar surface area (TPSA) is 72.1 Å². The van der Waals surface area contributed by atoms with Crippen LogP contribution < -0.4 is 0 Å². The van der Waals surface area contributed by atoms with E-state index in [1.807, 2.05) is 17.0 Å². The molecule has 2 fully saturated rings. The number of pyridine rings is 1. The second-order valence-electron chi connectivity index (χ2n) is 6.03. The van der Waals surface area contributed by atoms with Gasteiger partial charge in [-0.2, -0.15) is 0 Å². The monoisotopic (exact) mass is 298 g/mol. The molecule has 0 bridgehead atoms. The van der Waals surface area contributed by atoms with Crippen molar-refractivity contribution in [3.8, 4) is 0 Å². The highest BCUT2D eigenvalue weighted by atomic mass is 16.4. The van der Waals surface area contributed by atoms with Crippen molar-refractivity contribution in [2.75, 3.05) is 13.1 Å². The van der Waals surface area contributed by atoms with Crippen molar-refractivity contribution < 1.29 is 9.21 Å². The zero-order valence-corrected chi connectivity index (χ0v) is 12.3. The Morgan fingerprint density at radius 1 is 1.05 bits per heavy atom. The average molecular weight is 298 g/mol. The van der Waals surface area contributed by atoms with Gasteiger partial charge in [0.25, 0.3) is 5.91 Å². The smallest absolute Gasteiger partial charge is 0.272 e. The molecule has 2 aromatic heterocycles. The summed E-state index contributed by atoms with van der Waals surface area (Å²) in [6, 6.07) is 5.41. The fraction of sp³-hybridized carbons (Fsp3) is 0.500. The molecule has 1 saturated carbocycles. The lowest BCUT2D eigenvalue weighted by molar-refractivity contribution is 0.0700. The predicted molar refractivity (Wildman–Crippen MR) is 78.4 cm³/mol. The Bertz CT molecular complexity index is 658. The van der Waals surface area contributed by atoms with Gasteiger partial charge in [0, 0.05) is 31.1 Å². The quantitative estimate of drug-likeness (QED) is 0.869. The standard InChI is InChI=1S/C16H18N4O2/c21-16(13-3-1-2-8-17-13)20-9-6-12(7-10-20)15-19-18-14(22-15)11-4-5-11/h1-3,8,11-12H,4-7,9-10H2. The van der Waals surface area contributed by atoms with E-state index in [1.165, 1.54) is 12.8 Å². The van der Waals surface area contributed by atoms with Crippen LogP contribution in [0.15, 0.2) is 28.8 Å². The molecule has 1 aliphatic heterocycles. The fourth-order valence-electron chi connectivity index (χ4n) is 2.89. The van der Waals surface area contributed by atoms with Crippen LogP contribution in [-0.2, 0) is 0 Å². The summed E-state index contributed by atoms with van der Waals surface area (Å²) in [5.41, 5.74) is 0.509. The molecule has 0 N–H and O–H groups in total. The van der Waals surface area contributed by atoms with Gasteiger partial charge in [0.1, 0.15) is 5.69 Å². The van der Waals surface area contributed by atoms with Crippen molar-refractivity contribution in [1.82, 2.24) is 20.1 Å². The van der Waals surface area contributed by atoms with E-state index in [2.05, 4.69) is 15.2 Å². The van der Waals surface area contributed by atoms with E-state index >= 15 is 0 Å². The predicted octanol–water partition coefficient (Wildman–Crippen LogP) is 2.36. The number of nitrogens with zero attached hydrogens (tertiary/aromatic N) is 4. The third kappa shape index (κ3) is 2.61. The molecule has 3 heterocycles. The van der Waals surface area contributed by atoms with E-state index in [1.54, 1.807) is 12.3 Å². The maximum Gasteiger partial charge on any atom is 0.272 e. The molecule has 6 heteroatoms. The highest BCUT2D eigenvalue weighted by molar-refractivity contribution is 5.92. The Morgan fingerprint density at radius 3 is 2.32 bits per heavy atom. The van der Waals surface area contributed by atoms with E-state index in [0.717, 1.165) is 24.6 Å². The van der Waals surface area contributed by atoms with Crippen molar-refractivity contribution in [2.24, 2.45) is 0 Å². The highest BCUT2D eigenvalue weighted by Crippen LogP contribution is 2.40. The summed E-state index contributed by atoms with van der Waals surface area (Å²) >= 11 is 0. The summed E-state index contributed by atoms with van der Waals surface area (Å²) in [6.07, 6.45) is 5.71. The van der Waals surface area contributed by atoms with Crippen LogP contribution in [-0.4, -0.2) is 39.1 Å². The van der Waals surface area contributed by atoms with Gasteiger partial charge in [-0.1, -0.05) is 6.07 Å². The minimum atomic E-state index is 0.00301. The first-order valence-corrected chi connectivity index (χ1v) is 7.85. The number of rotatable bonds is 3. The van der Waals surface area contributed by atoms with E-state index in [-0.39, 0.29) is 11.8 Å². The fourth-order valence-corrected chi connectivity index (χ4v) is 2.89. The van der Waals surface area contributed by atoms with Crippen LogP contribution >= 0.6 is 0 Å². The third-order valence-electron chi connectivity index (χ3n) is 4.40. The molecule has 1 amide bonds. The summed E-state index contributed by atoms with van der Waals surface area (Å²) < 4.78 is 5.79. The number of aromatic nitrogens is 3. The van der Waals surface area contributed by atoms with Gasteiger partial charge in [-0.05, 0) is 37.8 Å². The number of piperidine rings is 1. The van der Waals surface area contributed by atoms with Crippen molar-refractivity contribution in [2.45, 2.75) is 37.5 Å². The Balaban J connectivity index is 1.38. The molecule has 0 atom stereocenters. The number of carbonyl (C=O) groups excluding carboxylic acids is 1. The van der Waals surface area contributed by atoms with Gasteiger partial charge in [-0.15, -0.1) is 10.2 Å². The number of amides is 1. The summed E-state index contributed by atoms with van der Waals surface area (Å²) in [5, 5.41) is 8.34. The largest absolute Gasteiger partial charge is 0.425 e. The number of carbonyl (C=O) groups is 1. The van der Waals surface area contributed by atoms with Crippen LogP contribution in [0, 0.1) is 0 Å². The zero-order chi connectivity index (χ0) is 14.9. The van der Waals surface area contributed by atoms with E-state index < -0.39 is 0 Å². The molecular formula is C16H18N4O2. The summed E-state index contributed by atoms with van der Waals surface area (Å²) in [5.74, 6) is 2.30. The second kappa shape index (κ2) is 5.51. The highest BCUT2D eigenvalue weighted by Gasteiger charge is 2.32. The van der Waals surface area contributed by atoms with Crippen molar-refractivity contribution in [1.29, 1.82) is 0 Å². The minimum Gasteiger partial charge on any atom is -0.425 e. The lowest BCUT2D eigenvalue weighted by atomic mass is 9.96. The van der Waals surface area contributed by atoms with Crippen LogP contribution in [0.5, 0.6) is 0 Å². The van der Waals surface area contributed by atoms with Gasteiger partial charge in [-0.3, -0.25) is 9.78 Å². The molecule has 0 unspecified atom stereocenters. The lowest BCUT2D eigenvalue weighted by Gasteiger charge is -2.30. The number of likely N-dealkylation sites (tertiary alicyclic amines) is 1.